The predicted molar refractivity (Wildman–Crippen MR) is 150 cm³/mol. The van der Waals surface area contributed by atoms with E-state index >= 15 is 0 Å². The highest BCUT2D eigenvalue weighted by Gasteiger charge is 2.33. The highest BCUT2D eigenvalue weighted by Crippen LogP contribution is 2.38. The Bertz CT molecular complexity index is 1650. The molecule has 0 radical (unpaired) electrons. The van der Waals surface area contributed by atoms with Gasteiger partial charge in [-0.3, -0.25) is 27.6 Å². The Kier molecular flexibility index (Phi) is 7.83. The van der Waals surface area contributed by atoms with Crippen molar-refractivity contribution in [3.05, 3.63) is 78.6 Å². The van der Waals surface area contributed by atoms with Crippen LogP contribution in [0.3, 0.4) is 0 Å². The number of amides is 2. The zero-order chi connectivity index (χ0) is 30.3. The van der Waals surface area contributed by atoms with Gasteiger partial charge in [-0.2, -0.15) is 0 Å². The van der Waals surface area contributed by atoms with Crippen LogP contribution in [0.15, 0.2) is 61.2 Å². The molecule has 3 N–H and O–H groups in total. The van der Waals surface area contributed by atoms with Gasteiger partial charge >= 0.3 is 0 Å². The van der Waals surface area contributed by atoms with E-state index in [1.54, 1.807) is 60.1 Å². The zero-order valence-corrected chi connectivity index (χ0v) is 23.6. The zero-order valence-electron chi connectivity index (χ0n) is 22.0. The molecular formula is C26H23F3N6O5S2. The van der Waals surface area contributed by atoms with Crippen molar-refractivity contribution >= 4 is 45.5 Å². The fraction of sp³-hybridized carbons (Fsp3) is 0.154. The van der Waals surface area contributed by atoms with Crippen molar-refractivity contribution in [1.82, 2.24) is 18.6 Å². The van der Waals surface area contributed by atoms with E-state index in [2.05, 4.69) is 9.44 Å². The Morgan fingerprint density at radius 2 is 1.17 bits per heavy atom. The number of aromatic hydroxyl groups is 1. The summed E-state index contributed by atoms with van der Waals surface area (Å²) in [6.45, 7) is -0.617. The van der Waals surface area contributed by atoms with Crippen molar-refractivity contribution in [3.8, 4) is 28.0 Å². The van der Waals surface area contributed by atoms with Crippen LogP contribution in [0.2, 0.25) is 0 Å². The fourth-order valence-electron chi connectivity index (χ4n) is 4.40. The van der Waals surface area contributed by atoms with Gasteiger partial charge in [-0.15, -0.1) is 0 Å². The summed E-state index contributed by atoms with van der Waals surface area (Å²) in [5, 5.41) is 9.87. The van der Waals surface area contributed by atoms with Crippen LogP contribution in [0.25, 0.3) is 22.3 Å². The molecule has 2 aliphatic rings. The second-order valence-corrected chi connectivity index (χ2v) is 11.6. The van der Waals surface area contributed by atoms with Crippen molar-refractivity contribution < 1.29 is 36.3 Å². The molecule has 2 saturated heterocycles. The largest absolute Gasteiger partial charge is 0.506 e. The number of hydrogen-bond acceptors (Lipinski definition) is 5. The molecule has 2 atom stereocenters. The Morgan fingerprint density at radius 3 is 1.60 bits per heavy atom. The number of benzene rings is 2. The van der Waals surface area contributed by atoms with Gasteiger partial charge in [0.05, 0.1) is 0 Å². The lowest BCUT2D eigenvalue weighted by atomic mass is 10.1. The van der Waals surface area contributed by atoms with E-state index in [9.17, 15) is 36.3 Å². The number of nitrogens with zero attached hydrogens (tertiary/aromatic N) is 4. The standard InChI is InChI=1S/C13H11F2N3O2S.C13H12FN3O3S/c1-17-5-4-8(6-17)9-2-3-10(14)13(12(9)15)18-7-11(19)16-21(18)20;1-16-5-4-8(6-16)9-2-3-10(18)13(12(9)14)17-7-11(19)15-21(17)20/h2-6H,7H2,1H3,(H,16,19);2-6,18H,7H2,1H3,(H,15,19). The van der Waals surface area contributed by atoms with Crippen molar-refractivity contribution in [2.75, 3.05) is 21.7 Å². The van der Waals surface area contributed by atoms with Gasteiger partial charge in [-0.1, -0.05) is 0 Å². The van der Waals surface area contributed by atoms with Crippen LogP contribution in [0.1, 0.15) is 0 Å². The molecule has 2 aromatic carbocycles. The molecule has 220 valence electrons. The van der Waals surface area contributed by atoms with Crippen molar-refractivity contribution in [1.29, 1.82) is 0 Å². The van der Waals surface area contributed by atoms with Gasteiger partial charge in [-0.05, 0) is 36.4 Å². The van der Waals surface area contributed by atoms with Gasteiger partial charge < -0.3 is 14.2 Å². The number of phenols is 1. The summed E-state index contributed by atoms with van der Waals surface area (Å²) in [6.07, 6.45) is 6.91. The number of aromatic nitrogens is 2. The normalized spacial score (nSPS) is 18.1. The minimum Gasteiger partial charge on any atom is -0.506 e. The van der Waals surface area contributed by atoms with Crippen LogP contribution in [0.5, 0.6) is 5.75 Å². The summed E-state index contributed by atoms with van der Waals surface area (Å²) in [5.41, 5.74) is 0.935. The third kappa shape index (κ3) is 5.49. The van der Waals surface area contributed by atoms with Crippen LogP contribution >= 0.6 is 0 Å². The second kappa shape index (κ2) is 11.4. The number of hydrogen-bond donors (Lipinski definition) is 3. The molecule has 2 unspecified atom stereocenters. The van der Waals surface area contributed by atoms with Gasteiger partial charge in [0.15, 0.2) is 17.5 Å². The number of aryl methyl sites for hydroxylation is 2. The molecular weight excluding hydrogens is 597 g/mol. The van der Waals surface area contributed by atoms with Crippen LogP contribution in [0, 0.1) is 17.5 Å². The Morgan fingerprint density at radius 1 is 0.714 bits per heavy atom. The van der Waals surface area contributed by atoms with E-state index in [1.165, 1.54) is 18.2 Å². The smallest absolute Gasteiger partial charge is 0.253 e. The first kappa shape index (κ1) is 28.9. The number of anilines is 2. The summed E-state index contributed by atoms with van der Waals surface area (Å²) in [7, 11) is 3.59. The molecule has 11 nitrogen and oxygen atoms in total. The average molecular weight is 621 g/mol. The average Bonchev–Trinajstić information content (AvgIpc) is 3.69. The quantitative estimate of drug-likeness (QED) is 0.323. The highest BCUT2D eigenvalue weighted by atomic mass is 32.2. The summed E-state index contributed by atoms with van der Waals surface area (Å²) < 4.78 is 76.4. The van der Waals surface area contributed by atoms with Gasteiger partial charge in [0.1, 0.15) is 30.2 Å². The molecule has 4 aromatic rings. The van der Waals surface area contributed by atoms with E-state index in [-0.39, 0.29) is 35.7 Å². The van der Waals surface area contributed by atoms with Crippen LogP contribution in [-0.4, -0.2) is 47.6 Å². The summed E-state index contributed by atoms with van der Waals surface area (Å²) >= 11 is -3.87. The van der Waals surface area contributed by atoms with Crippen LogP contribution in [-0.2, 0) is 46.0 Å². The molecule has 16 heteroatoms. The Labute approximate surface area is 242 Å². The molecule has 0 spiro atoms. The van der Waals surface area contributed by atoms with E-state index < -0.39 is 57.3 Å². The second-order valence-electron chi connectivity index (χ2n) is 9.31. The first-order chi connectivity index (χ1) is 19.9. The maximum absolute atomic E-state index is 14.7. The fourth-order valence-corrected chi connectivity index (χ4v) is 6.28. The topological polar surface area (TPSA) is 129 Å². The number of carbonyl (C=O) groups is 2. The molecule has 2 fully saturated rings. The molecule has 6 rings (SSSR count). The van der Waals surface area contributed by atoms with Gasteiger partial charge in [0.25, 0.3) is 11.8 Å². The number of carbonyl (C=O) groups excluding carboxylic acids is 2. The summed E-state index contributed by atoms with van der Waals surface area (Å²) in [6, 6.07) is 8.59. The summed E-state index contributed by atoms with van der Waals surface area (Å²) in [4.78, 5) is 22.5. The monoisotopic (exact) mass is 620 g/mol. The first-order valence-electron chi connectivity index (χ1n) is 12.2. The Balaban J connectivity index is 0.000000168. The van der Waals surface area contributed by atoms with E-state index in [0.717, 1.165) is 14.7 Å². The SMILES string of the molecule is Cn1ccc(-c2ccc(F)c(N3CC(=O)NS3=O)c2F)c1.Cn1ccc(-c2ccc(O)c(N3CC(=O)NS3=O)c2F)c1. The molecule has 0 aliphatic carbocycles. The van der Waals surface area contributed by atoms with E-state index in [1.807, 2.05) is 0 Å². The number of halogens is 3. The third-order valence-electron chi connectivity index (χ3n) is 6.32. The lowest BCUT2D eigenvalue weighted by molar-refractivity contribution is -0.118. The molecule has 42 heavy (non-hydrogen) atoms. The maximum atomic E-state index is 14.7. The van der Waals surface area contributed by atoms with Crippen molar-refractivity contribution in [2.45, 2.75) is 0 Å². The predicted octanol–water partition coefficient (Wildman–Crippen LogP) is 2.54. The van der Waals surface area contributed by atoms with Crippen LogP contribution in [0.4, 0.5) is 24.5 Å². The highest BCUT2D eigenvalue weighted by molar-refractivity contribution is 7.86. The molecule has 2 aliphatic heterocycles. The van der Waals surface area contributed by atoms with E-state index in [0.29, 0.717) is 11.1 Å². The minimum atomic E-state index is -1.97. The Hall–Kier alpha value is -4.57. The minimum absolute atomic E-state index is 0.184. The maximum Gasteiger partial charge on any atom is 0.253 e. The third-order valence-corrected chi connectivity index (χ3v) is 8.55. The number of phenolic OH excluding ortho intramolecular Hbond substituents is 1. The van der Waals surface area contributed by atoms with Crippen molar-refractivity contribution in [3.63, 3.8) is 0 Å². The molecule has 0 bridgehead atoms. The van der Waals surface area contributed by atoms with Crippen LogP contribution < -0.4 is 18.1 Å². The van der Waals surface area contributed by atoms with E-state index in [4.69, 9.17) is 0 Å². The first-order valence-corrected chi connectivity index (χ1v) is 14.4. The lowest BCUT2D eigenvalue weighted by Gasteiger charge is -2.17. The van der Waals surface area contributed by atoms with Crippen molar-refractivity contribution in [2.24, 2.45) is 14.1 Å². The lowest BCUT2D eigenvalue weighted by Crippen LogP contribution is -2.24. The molecule has 0 saturated carbocycles. The molecule has 2 amide bonds. The van der Waals surface area contributed by atoms with Gasteiger partial charge in [-0.25, -0.2) is 21.6 Å². The summed E-state index contributed by atoms with van der Waals surface area (Å²) in [5.74, 6) is -3.82. The molecule has 2 aromatic heterocycles. The molecule has 4 heterocycles. The van der Waals surface area contributed by atoms with Gasteiger partial charge in [0.2, 0.25) is 22.3 Å². The number of nitrogens with one attached hydrogen (secondary N) is 2. The number of rotatable bonds is 4. The van der Waals surface area contributed by atoms with Gasteiger partial charge in [0, 0.05) is 61.1 Å².